The van der Waals surface area contributed by atoms with Crippen LogP contribution in [0, 0.1) is 5.92 Å². The standard InChI is InChI=1S/C29H37N7O5/c1-18(2)25-28(38)31-11-13-35-12-10-30-27(35)19-8-9-22(40-3)23(16-19)41-15-14-36(17-24(37)32-25)29(39)26-20-6-4-5-7-21(20)33-34-26/h8-10,12,16,18,25H,4-7,11,13-15,17H2,1-3H3,(H,31,38)(H,32,37)(H,33,34)/t25-/m1/s1. The highest BCUT2D eigenvalue weighted by Crippen LogP contribution is 2.32. The van der Waals surface area contributed by atoms with Gasteiger partial charge in [-0.1, -0.05) is 13.8 Å². The van der Waals surface area contributed by atoms with Crippen molar-refractivity contribution in [2.45, 2.75) is 52.1 Å². The molecule has 0 saturated heterocycles. The van der Waals surface area contributed by atoms with Crippen LogP contribution >= 0.6 is 0 Å². The van der Waals surface area contributed by atoms with Gasteiger partial charge in [0.15, 0.2) is 17.2 Å². The number of nitrogens with zero attached hydrogens (tertiary/aromatic N) is 4. The number of methoxy groups -OCH3 is 1. The lowest BCUT2D eigenvalue weighted by Crippen LogP contribution is -2.53. The number of carbonyl (C=O) groups excluding carboxylic acids is 3. The van der Waals surface area contributed by atoms with Gasteiger partial charge in [-0.3, -0.25) is 19.5 Å². The summed E-state index contributed by atoms with van der Waals surface area (Å²) >= 11 is 0. The highest BCUT2D eigenvalue weighted by atomic mass is 16.5. The number of H-pyrrole nitrogens is 1. The van der Waals surface area contributed by atoms with Crippen molar-refractivity contribution >= 4 is 17.7 Å². The van der Waals surface area contributed by atoms with Crippen molar-refractivity contribution in [3.05, 3.63) is 47.5 Å². The van der Waals surface area contributed by atoms with Crippen LogP contribution in [0.3, 0.4) is 0 Å². The van der Waals surface area contributed by atoms with E-state index >= 15 is 0 Å². The Hall–Kier alpha value is -4.35. The van der Waals surface area contributed by atoms with Gasteiger partial charge in [-0.05, 0) is 49.8 Å². The lowest BCUT2D eigenvalue weighted by molar-refractivity contribution is -0.130. The molecule has 1 aliphatic carbocycles. The number of imidazole rings is 1. The summed E-state index contributed by atoms with van der Waals surface area (Å²) in [4.78, 5) is 46.0. The van der Waals surface area contributed by atoms with Gasteiger partial charge in [0.1, 0.15) is 25.0 Å². The van der Waals surface area contributed by atoms with Crippen molar-refractivity contribution in [1.82, 2.24) is 35.3 Å². The van der Waals surface area contributed by atoms with Gasteiger partial charge >= 0.3 is 0 Å². The Kier molecular flexibility index (Phi) is 8.55. The van der Waals surface area contributed by atoms with Gasteiger partial charge in [0.2, 0.25) is 11.8 Å². The zero-order chi connectivity index (χ0) is 28.9. The van der Waals surface area contributed by atoms with Crippen LogP contribution in [0.25, 0.3) is 11.4 Å². The van der Waals surface area contributed by atoms with Crippen LogP contribution in [0.15, 0.2) is 30.6 Å². The Labute approximate surface area is 238 Å². The minimum absolute atomic E-state index is 0.105. The van der Waals surface area contributed by atoms with Gasteiger partial charge in [-0.25, -0.2) is 4.98 Å². The number of hydrogen-bond donors (Lipinski definition) is 3. The normalized spacial score (nSPS) is 18.4. The largest absolute Gasteiger partial charge is 0.493 e. The molecule has 1 aliphatic heterocycles. The molecule has 2 aliphatic rings. The molecule has 0 saturated carbocycles. The van der Waals surface area contributed by atoms with Gasteiger partial charge in [0.25, 0.3) is 5.91 Å². The van der Waals surface area contributed by atoms with E-state index in [0.29, 0.717) is 36.1 Å². The van der Waals surface area contributed by atoms with Crippen molar-refractivity contribution in [2.75, 3.05) is 33.4 Å². The van der Waals surface area contributed by atoms with Crippen LogP contribution in [-0.2, 0) is 29.0 Å². The van der Waals surface area contributed by atoms with Crippen LogP contribution in [0.1, 0.15) is 48.4 Å². The van der Waals surface area contributed by atoms with E-state index in [1.54, 1.807) is 19.4 Å². The van der Waals surface area contributed by atoms with Gasteiger partial charge in [0.05, 0.1) is 13.7 Å². The van der Waals surface area contributed by atoms with Crippen molar-refractivity contribution in [3.8, 4) is 22.9 Å². The van der Waals surface area contributed by atoms with E-state index in [4.69, 9.17) is 9.47 Å². The summed E-state index contributed by atoms with van der Waals surface area (Å²) in [6.07, 6.45) is 7.18. The summed E-state index contributed by atoms with van der Waals surface area (Å²) in [5.41, 5.74) is 3.04. The van der Waals surface area contributed by atoms with Crippen molar-refractivity contribution in [2.24, 2.45) is 5.92 Å². The first-order valence-electron chi connectivity index (χ1n) is 14.1. The quantitative estimate of drug-likeness (QED) is 0.442. The first kappa shape index (κ1) is 28.2. The highest BCUT2D eigenvalue weighted by molar-refractivity contribution is 5.97. The Morgan fingerprint density at radius 1 is 1.17 bits per heavy atom. The number of amides is 3. The Morgan fingerprint density at radius 3 is 2.80 bits per heavy atom. The van der Waals surface area contributed by atoms with Crippen molar-refractivity contribution in [3.63, 3.8) is 0 Å². The molecule has 3 N–H and O–H groups in total. The molecule has 2 bridgehead atoms. The van der Waals surface area contributed by atoms with E-state index in [1.165, 1.54) is 4.90 Å². The summed E-state index contributed by atoms with van der Waals surface area (Å²) in [5.74, 6) is 0.509. The van der Waals surface area contributed by atoms with E-state index in [-0.39, 0.29) is 37.4 Å². The lowest BCUT2D eigenvalue weighted by Gasteiger charge is -2.26. The first-order valence-corrected chi connectivity index (χ1v) is 14.1. The third-order valence-electron chi connectivity index (χ3n) is 7.55. The molecular weight excluding hydrogens is 526 g/mol. The third-order valence-corrected chi connectivity index (χ3v) is 7.55. The molecule has 1 atom stereocenters. The van der Waals surface area contributed by atoms with Crippen LogP contribution in [0.5, 0.6) is 11.5 Å². The fourth-order valence-electron chi connectivity index (χ4n) is 5.34. The maximum Gasteiger partial charge on any atom is 0.275 e. The average Bonchev–Trinajstić information content (AvgIpc) is 3.61. The number of hydrogen-bond acceptors (Lipinski definition) is 7. The third kappa shape index (κ3) is 6.21. The molecule has 41 heavy (non-hydrogen) atoms. The van der Waals surface area contributed by atoms with E-state index in [9.17, 15) is 14.4 Å². The zero-order valence-corrected chi connectivity index (χ0v) is 23.7. The summed E-state index contributed by atoms with van der Waals surface area (Å²) < 4.78 is 13.6. The minimum atomic E-state index is -0.758. The molecule has 3 aromatic rings. The predicted molar refractivity (Wildman–Crippen MR) is 151 cm³/mol. The van der Waals surface area contributed by atoms with Crippen LogP contribution in [-0.4, -0.2) is 81.8 Å². The number of carbonyl (C=O) groups is 3. The lowest BCUT2D eigenvalue weighted by atomic mass is 9.95. The van der Waals surface area contributed by atoms with E-state index in [2.05, 4.69) is 25.8 Å². The molecule has 1 aromatic carbocycles. The molecule has 0 fully saturated rings. The number of aromatic amines is 1. The van der Waals surface area contributed by atoms with Crippen LogP contribution in [0.4, 0.5) is 0 Å². The molecule has 0 unspecified atom stereocenters. The van der Waals surface area contributed by atoms with Gasteiger partial charge in [-0.2, -0.15) is 5.10 Å². The average molecular weight is 564 g/mol. The summed E-state index contributed by atoms with van der Waals surface area (Å²) in [7, 11) is 1.56. The number of ether oxygens (including phenoxy) is 2. The fourth-order valence-corrected chi connectivity index (χ4v) is 5.34. The predicted octanol–water partition coefficient (Wildman–Crippen LogP) is 1.95. The molecule has 12 heteroatoms. The topological polar surface area (TPSA) is 143 Å². The summed E-state index contributed by atoms with van der Waals surface area (Å²) in [5, 5.41) is 13.1. The maximum atomic E-state index is 13.7. The number of benzene rings is 1. The van der Waals surface area contributed by atoms with Gasteiger partial charge in [0, 0.05) is 42.3 Å². The number of nitrogens with one attached hydrogen (secondary N) is 3. The SMILES string of the molecule is COc1ccc2cc1OCCN(C(=O)c1n[nH]c3c1CCCC3)CC(=O)N[C@H](C(C)C)C(=O)NCCn1ccnc1-2. The number of aromatic nitrogens is 4. The Morgan fingerprint density at radius 2 is 2.00 bits per heavy atom. The molecule has 2 aromatic heterocycles. The molecule has 0 radical (unpaired) electrons. The summed E-state index contributed by atoms with van der Waals surface area (Å²) in [6, 6.07) is 4.78. The molecule has 3 amide bonds. The molecular formula is C29H37N7O5. The van der Waals surface area contributed by atoms with Gasteiger partial charge in [-0.15, -0.1) is 0 Å². The molecule has 218 valence electrons. The second-order valence-electron chi connectivity index (χ2n) is 10.7. The monoisotopic (exact) mass is 563 g/mol. The first-order chi connectivity index (χ1) is 19.9. The van der Waals surface area contributed by atoms with Crippen LogP contribution < -0.4 is 20.1 Å². The molecule has 0 spiro atoms. The Bertz CT molecular complexity index is 1410. The highest BCUT2D eigenvalue weighted by Gasteiger charge is 2.29. The molecule has 12 nitrogen and oxygen atoms in total. The number of rotatable bonds is 3. The zero-order valence-electron chi connectivity index (χ0n) is 23.7. The van der Waals surface area contributed by atoms with E-state index in [1.807, 2.05) is 36.7 Å². The van der Waals surface area contributed by atoms with E-state index in [0.717, 1.165) is 42.5 Å². The molecule has 5 rings (SSSR count). The minimum Gasteiger partial charge on any atom is -0.493 e. The smallest absolute Gasteiger partial charge is 0.275 e. The Balaban J connectivity index is 1.46. The summed E-state index contributed by atoms with van der Waals surface area (Å²) in [6.45, 7) is 4.55. The second-order valence-corrected chi connectivity index (χ2v) is 10.7. The molecule has 3 heterocycles. The van der Waals surface area contributed by atoms with Crippen molar-refractivity contribution < 1.29 is 23.9 Å². The van der Waals surface area contributed by atoms with E-state index < -0.39 is 11.9 Å². The second kappa shape index (κ2) is 12.4. The fraction of sp³-hybridized carbons (Fsp3) is 0.483. The maximum absolute atomic E-state index is 13.7. The number of aryl methyl sites for hydroxylation is 1. The van der Waals surface area contributed by atoms with Gasteiger partial charge < -0.3 is 29.6 Å². The van der Waals surface area contributed by atoms with Crippen LogP contribution in [0.2, 0.25) is 0 Å². The number of fused-ring (bicyclic) bond motifs is 5. The van der Waals surface area contributed by atoms with Crippen molar-refractivity contribution in [1.29, 1.82) is 0 Å².